The standard InChI is InChI=1S/C24H27N3O5/c1-2-26-11-13-27(14-12-26)20-7-5-19(6-8-20)25-23(28)16-30-24(29)10-4-18-3-9-21-22(15-18)32-17-31-21/h3-10,15H,2,11-14,16-17H2,1H3,(H,25,28)/b10-4+. The zero-order valence-electron chi connectivity index (χ0n) is 18.1. The van der Waals surface area contributed by atoms with E-state index in [1.54, 1.807) is 24.3 Å². The highest BCUT2D eigenvalue weighted by atomic mass is 16.7. The predicted molar refractivity (Wildman–Crippen MR) is 122 cm³/mol. The van der Waals surface area contributed by atoms with Gasteiger partial charge in [0.2, 0.25) is 6.79 Å². The summed E-state index contributed by atoms with van der Waals surface area (Å²) in [6.45, 7) is 7.21. The van der Waals surface area contributed by atoms with Crippen LogP contribution in [0.15, 0.2) is 48.5 Å². The van der Waals surface area contributed by atoms with Crippen LogP contribution in [0.1, 0.15) is 12.5 Å². The van der Waals surface area contributed by atoms with E-state index in [0.29, 0.717) is 17.2 Å². The minimum Gasteiger partial charge on any atom is -0.454 e. The first-order chi connectivity index (χ1) is 15.6. The van der Waals surface area contributed by atoms with Crippen LogP contribution < -0.4 is 19.7 Å². The number of amides is 1. The molecule has 0 aromatic heterocycles. The second kappa shape index (κ2) is 10.2. The largest absolute Gasteiger partial charge is 0.454 e. The van der Waals surface area contributed by atoms with Gasteiger partial charge in [-0.3, -0.25) is 4.79 Å². The van der Waals surface area contributed by atoms with Crippen LogP contribution in [0.3, 0.4) is 0 Å². The number of fused-ring (bicyclic) bond motifs is 1. The topological polar surface area (TPSA) is 80.3 Å². The lowest BCUT2D eigenvalue weighted by Crippen LogP contribution is -2.46. The highest BCUT2D eigenvalue weighted by Crippen LogP contribution is 2.32. The Labute approximate surface area is 187 Å². The molecule has 8 nitrogen and oxygen atoms in total. The van der Waals surface area contributed by atoms with Crippen LogP contribution in [0.25, 0.3) is 6.08 Å². The molecule has 2 aromatic carbocycles. The molecule has 1 fully saturated rings. The zero-order chi connectivity index (χ0) is 22.3. The van der Waals surface area contributed by atoms with Crippen molar-refractivity contribution >= 4 is 29.3 Å². The van der Waals surface area contributed by atoms with Crippen molar-refractivity contribution < 1.29 is 23.8 Å². The van der Waals surface area contributed by atoms with Crippen LogP contribution in [0.4, 0.5) is 11.4 Å². The highest BCUT2D eigenvalue weighted by molar-refractivity contribution is 5.94. The van der Waals surface area contributed by atoms with Crippen LogP contribution in [-0.4, -0.2) is 62.9 Å². The zero-order valence-corrected chi connectivity index (χ0v) is 18.1. The molecule has 4 rings (SSSR count). The van der Waals surface area contributed by atoms with Crippen molar-refractivity contribution in [3.8, 4) is 11.5 Å². The summed E-state index contributed by atoms with van der Waals surface area (Å²) in [7, 11) is 0. The number of hydrogen-bond acceptors (Lipinski definition) is 7. The Hall–Kier alpha value is -3.52. The number of carbonyl (C=O) groups is 2. The van der Waals surface area contributed by atoms with Gasteiger partial charge >= 0.3 is 5.97 Å². The van der Waals surface area contributed by atoms with Crippen LogP contribution in [0.2, 0.25) is 0 Å². The lowest BCUT2D eigenvalue weighted by atomic mass is 10.2. The molecule has 0 radical (unpaired) electrons. The normalized spacial score (nSPS) is 15.7. The summed E-state index contributed by atoms with van der Waals surface area (Å²) in [4.78, 5) is 28.8. The van der Waals surface area contributed by atoms with Crippen molar-refractivity contribution in [2.75, 3.05) is 56.3 Å². The second-order valence-electron chi connectivity index (χ2n) is 7.57. The number of piperazine rings is 1. The molecule has 0 aliphatic carbocycles. The number of benzene rings is 2. The van der Waals surface area contributed by atoms with E-state index in [9.17, 15) is 9.59 Å². The van der Waals surface area contributed by atoms with E-state index >= 15 is 0 Å². The molecule has 32 heavy (non-hydrogen) atoms. The quantitative estimate of drug-likeness (QED) is 0.527. The van der Waals surface area contributed by atoms with E-state index in [1.807, 2.05) is 24.3 Å². The summed E-state index contributed by atoms with van der Waals surface area (Å²) in [6.07, 6.45) is 2.87. The molecule has 8 heteroatoms. The molecule has 1 amide bonds. The van der Waals surface area contributed by atoms with E-state index in [2.05, 4.69) is 22.0 Å². The smallest absolute Gasteiger partial charge is 0.331 e. The monoisotopic (exact) mass is 437 g/mol. The molecule has 0 saturated carbocycles. The van der Waals surface area contributed by atoms with Gasteiger partial charge in [0.05, 0.1) is 0 Å². The van der Waals surface area contributed by atoms with Crippen LogP contribution >= 0.6 is 0 Å². The molecule has 0 atom stereocenters. The molecule has 0 unspecified atom stereocenters. The summed E-state index contributed by atoms with van der Waals surface area (Å²) < 4.78 is 15.6. The van der Waals surface area contributed by atoms with E-state index < -0.39 is 5.97 Å². The fraction of sp³-hybridized carbons (Fsp3) is 0.333. The molecule has 0 spiro atoms. The lowest BCUT2D eigenvalue weighted by Gasteiger charge is -2.35. The first kappa shape index (κ1) is 21.7. The molecular weight excluding hydrogens is 410 g/mol. The average Bonchev–Trinajstić information content (AvgIpc) is 3.30. The van der Waals surface area contributed by atoms with Gasteiger partial charge in [0.15, 0.2) is 18.1 Å². The van der Waals surface area contributed by atoms with E-state index in [4.69, 9.17) is 14.2 Å². The molecular formula is C24H27N3O5. The molecule has 2 aromatic rings. The Morgan fingerprint density at radius 3 is 2.53 bits per heavy atom. The summed E-state index contributed by atoms with van der Waals surface area (Å²) in [5.41, 5.74) is 2.57. The van der Waals surface area contributed by atoms with Gasteiger partial charge in [0.25, 0.3) is 5.91 Å². The molecule has 2 heterocycles. The fourth-order valence-corrected chi connectivity index (χ4v) is 3.64. The predicted octanol–water partition coefficient (Wildman–Crippen LogP) is 2.75. The van der Waals surface area contributed by atoms with Crippen molar-refractivity contribution in [1.82, 2.24) is 4.90 Å². The van der Waals surface area contributed by atoms with Gasteiger partial charge in [-0.2, -0.15) is 0 Å². The van der Waals surface area contributed by atoms with E-state index in [1.165, 1.54) is 6.08 Å². The van der Waals surface area contributed by atoms with Crippen LogP contribution in [-0.2, 0) is 14.3 Å². The van der Waals surface area contributed by atoms with Gasteiger partial charge in [-0.25, -0.2) is 4.79 Å². The van der Waals surface area contributed by atoms with Gasteiger partial charge in [-0.05, 0) is 54.6 Å². The maximum Gasteiger partial charge on any atom is 0.331 e. The van der Waals surface area contributed by atoms with Gasteiger partial charge in [-0.15, -0.1) is 0 Å². The number of nitrogens with one attached hydrogen (secondary N) is 1. The molecule has 0 bridgehead atoms. The van der Waals surface area contributed by atoms with Crippen molar-refractivity contribution in [3.63, 3.8) is 0 Å². The first-order valence-electron chi connectivity index (χ1n) is 10.7. The van der Waals surface area contributed by atoms with E-state index in [0.717, 1.165) is 44.0 Å². The van der Waals surface area contributed by atoms with Crippen molar-refractivity contribution in [2.45, 2.75) is 6.92 Å². The molecule has 1 N–H and O–H groups in total. The minimum atomic E-state index is -0.598. The van der Waals surface area contributed by atoms with Crippen molar-refractivity contribution in [1.29, 1.82) is 0 Å². The Bertz CT molecular complexity index is 982. The Morgan fingerprint density at radius 2 is 1.78 bits per heavy atom. The second-order valence-corrected chi connectivity index (χ2v) is 7.57. The Kier molecular flexibility index (Phi) is 6.91. The average molecular weight is 437 g/mol. The van der Waals surface area contributed by atoms with Crippen molar-refractivity contribution in [3.05, 3.63) is 54.1 Å². The third-order valence-corrected chi connectivity index (χ3v) is 5.49. The van der Waals surface area contributed by atoms with Crippen LogP contribution in [0.5, 0.6) is 11.5 Å². The van der Waals surface area contributed by atoms with Gasteiger partial charge < -0.3 is 29.3 Å². The van der Waals surface area contributed by atoms with Gasteiger partial charge in [0, 0.05) is 43.6 Å². The number of anilines is 2. The highest BCUT2D eigenvalue weighted by Gasteiger charge is 2.16. The summed E-state index contributed by atoms with van der Waals surface area (Å²) >= 11 is 0. The summed E-state index contributed by atoms with van der Waals surface area (Å²) in [6, 6.07) is 13.1. The lowest BCUT2D eigenvalue weighted by molar-refractivity contribution is -0.142. The third-order valence-electron chi connectivity index (χ3n) is 5.49. The third kappa shape index (κ3) is 5.59. The summed E-state index contributed by atoms with van der Waals surface area (Å²) in [5.74, 6) is 0.321. The SMILES string of the molecule is CCN1CCN(c2ccc(NC(=O)COC(=O)/C=C/c3ccc4c(c3)OCO4)cc2)CC1. The van der Waals surface area contributed by atoms with Crippen molar-refractivity contribution in [2.24, 2.45) is 0 Å². The fourth-order valence-electron chi connectivity index (χ4n) is 3.64. The molecule has 168 valence electrons. The summed E-state index contributed by atoms with van der Waals surface area (Å²) in [5, 5.41) is 2.75. The minimum absolute atomic E-state index is 0.193. The van der Waals surface area contributed by atoms with Crippen LogP contribution in [0, 0.1) is 0 Å². The van der Waals surface area contributed by atoms with E-state index in [-0.39, 0.29) is 19.3 Å². The maximum atomic E-state index is 12.1. The Balaban J connectivity index is 1.21. The Morgan fingerprint density at radius 1 is 1.03 bits per heavy atom. The molecule has 2 aliphatic rings. The van der Waals surface area contributed by atoms with Gasteiger partial charge in [0.1, 0.15) is 0 Å². The van der Waals surface area contributed by atoms with Gasteiger partial charge in [-0.1, -0.05) is 13.0 Å². The molecule has 1 saturated heterocycles. The number of esters is 1. The number of nitrogens with zero attached hydrogens (tertiary/aromatic N) is 2. The number of carbonyl (C=O) groups excluding carboxylic acids is 2. The number of rotatable bonds is 7. The first-order valence-corrected chi connectivity index (χ1v) is 10.7. The maximum absolute atomic E-state index is 12.1. The molecule has 2 aliphatic heterocycles. The number of hydrogen-bond donors (Lipinski definition) is 1. The number of ether oxygens (including phenoxy) is 3. The number of likely N-dealkylation sites (N-methyl/N-ethyl adjacent to an activating group) is 1.